The summed E-state index contributed by atoms with van der Waals surface area (Å²) in [4.78, 5) is 0. The second-order valence-corrected chi connectivity index (χ2v) is 4.04. The molecule has 0 saturated carbocycles. The summed E-state index contributed by atoms with van der Waals surface area (Å²) < 4.78 is 5.35. The first kappa shape index (κ1) is 13.2. The fourth-order valence-electron chi connectivity index (χ4n) is 1.67. The maximum absolute atomic E-state index is 9.99. The summed E-state index contributed by atoms with van der Waals surface area (Å²) in [6.07, 6.45) is -0.782. The van der Waals surface area contributed by atoms with Gasteiger partial charge < -0.3 is 9.84 Å². The van der Waals surface area contributed by atoms with Gasteiger partial charge in [-0.15, -0.1) is 0 Å². The molecule has 0 aromatic heterocycles. The molecular weight excluding hydrogens is 236 g/mol. The van der Waals surface area contributed by atoms with Gasteiger partial charge in [-0.25, -0.2) is 0 Å². The number of aliphatic hydroxyl groups excluding tert-OH is 1. The van der Waals surface area contributed by atoms with Crippen LogP contribution in [0.2, 0.25) is 0 Å². The first-order chi connectivity index (χ1) is 9.29. The monoisotopic (exact) mass is 252 g/mol. The van der Waals surface area contributed by atoms with Crippen molar-refractivity contribution in [3.8, 4) is 17.6 Å². The highest BCUT2D eigenvalue weighted by atomic mass is 16.5. The van der Waals surface area contributed by atoms with Gasteiger partial charge in [0.15, 0.2) is 0 Å². The van der Waals surface area contributed by atoms with Crippen LogP contribution >= 0.6 is 0 Å². The van der Waals surface area contributed by atoms with Crippen molar-refractivity contribution < 1.29 is 9.84 Å². The number of hydrogen-bond acceptors (Lipinski definition) is 2. The molecule has 0 aliphatic carbocycles. The molecular formula is C17H16O2. The lowest BCUT2D eigenvalue weighted by Gasteiger charge is -2.06. The second kappa shape index (κ2) is 6.63. The Labute approximate surface area is 113 Å². The predicted molar refractivity (Wildman–Crippen MR) is 75.9 cm³/mol. The van der Waals surface area contributed by atoms with E-state index in [9.17, 15) is 5.11 Å². The van der Waals surface area contributed by atoms with Crippen LogP contribution in [0.1, 0.15) is 24.2 Å². The predicted octanol–water partition coefficient (Wildman–Crippen LogP) is 3.17. The molecule has 0 heterocycles. The van der Waals surface area contributed by atoms with Crippen molar-refractivity contribution in [3.05, 3.63) is 65.7 Å². The average Bonchev–Trinajstić information content (AvgIpc) is 2.47. The van der Waals surface area contributed by atoms with Gasteiger partial charge in [0.05, 0.1) is 6.61 Å². The number of benzene rings is 2. The minimum absolute atomic E-state index is 0.635. The maximum Gasteiger partial charge on any atom is 0.140 e. The molecule has 0 radical (unpaired) electrons. The zero-order valence-electron chi connectivity index (χ0n) is 10.8. The highest BCUT2D eigenvalue weighted by Gasteiger charge is 2.03. The van der Waals surface area contributed by atoms with E-state index in [1.807, 2.05) is 61.5 Å². The third-order valence-electron chi connectivity index (χ3n) is 2.63. The van der Waals surface area contributed by atoms with E-state index in [0.717, 1.165) is 16.9 Å². The second-order valence-electron chi connectivity index (χ2n) is 4.04. The molecule has 1 unspecified atom stereocenters. The van der Waals surface area contributed by atoms with E-state index in [1.54, 1.807) is 0 Å². The van der Waals surface area contributed by atoms with Crippen LogP contribution in [0.15, 0.2) is 54.6 Å². The normalized spacial score (nSPS) is 11.3. The van der Waals surface area contributed by atoms with Crippen LogP contribution in [0, 0.1) is 11.8 Å². The van der Waals surface area contributed by atoms with Gasteiger partial charge in [0, 0.05) is 5.56 Å². The molecule has 0 aliphatic heterocycles. The van der Waals surface area contributed by atoms with Crippen molar-refractivity contribution in [3.63, 3.8) is 0 Å². The Bertz CT molecular complexity index is 562. The van der Waals surface area contributed by atoms with Crippen molar-refractivity contribution in [1.82, 2.24) is 0 Å². The molecule has 0 amide bonds. The molecule has 2 aromatic carbocycles. The molecule has 2 rings (SSSR count). The van der Waals surface area contributed by atoms with Crippen molar-refractivity contribution in [1.29, 1.82) is 0 Å². The van der Waals surface area contributed by atoms with E-state index in [0.29, 0.717) is 6.61 Å². The molecule has 2 aromatic rings. The molecule has 1 atom stereocenters. The summed E-state index contributed by atoms with van der Waals surface area (Å²) in [5, 5.41) is 9.99. The third kappa shape index (κ3) is 3.87. The Hall–Kier alpha value is -2.24. The Morgan fingerprint density at radius 3 is 2.37 bits per heavy atom. The minimum Gasteiger partial charge on any atom is -0.494 e. The highest BCUT2D eigenvalue weighted by molar-refractivity contribution is 5.37. The van der Waals surface area contributed by atoms with E-state index in [1.165, 1.54) is 0 Å². The van der Waals surface area contributed by atoms with Crippen LogP contribution in [0.4, 0.5) is 0 Å². The molecule has 0 spiro atoms. The summed E-state index contributed by atoms with van der Waals surface area (Å²) in [6.45, 7) is 2.57. The molecule has 0 aliphatic rings. The molecule has 0 fully saturated rings. The summed E-state index contributed by atoms with van der Waals surface area (Å²) in [5.74, 6) is 6.58. The van der Waals surface area contributed by atoms with Crippen molar-refractivity contribution >= 4 is 0 Å². The Balaban J connectivity index is 2.08. The zero-order valence-corrected chi connectivity index (χ0v) is 10.8. The van der Waals surface area contributed by atoms with Gasteiger partial charge in [0.1, 0.15) is 11.9 Å². The number of rotatable bonds is 3. The van der Waals surface area contributed by atoms with Gasteiger partial charge >= 0.3 is 0 Å². The van der Waals surface area contributed by atoms with Crippen LogP contribution in [0.25, 0.3) is 0 Å². The quantitative estimate of drug-likeness (QED) is 0.850. The standard InChI is InChI=1S/C17H16O2/c1-2-19-16-11-9-15(10-12-16)17(18)13-8-14-6-4-3-5-7-14/h3-7,9-12,17-18H,2H2,1H3. The lowest BCUT2D eigenvalue weighted by Crippen LogP contribution is -1.95. The lowest BCUT2D eigenvalue weighted by atomic mass is 10.1. The molecule has 0 bridgehead atoms. The van der Waals surface area contributed by atoms with Crippen molar-refractivity contribution in [2.45, 2.75) is 13.0 Å². The SMILES string of the molecule is CCOc1ccc(C(O)C#Cc2ccccc2)cc1. The average molecular weight is 252 g/mol. The van der Waals surface area contributed by atoms with E-state index in [2.05, 4.69) is 11.8 Å². The first-order valence-corrected chi connectivity index (χ1v) is 6.27. The highest BCUT2D eigenvalue weighted by Crippen LogP contribution is 2.17. The van der Waals surface area contributed by atoms with Gasteiger partial charge in [-0.05, 0) is 36.8 Å². The molecule has 19 heavy (non-hydrogen) atoms. The Kier molecular flexibility index (Phi) is 4.60. The van der Waals surface area contributed by atoms with Gasteiger partial charge in [-0.2, -0.15) is 0 Å². The van der Waals surface area contributed by atoms with E-state index in [-0.39, 0.29) is 0 Å². The fourth-order valence-corrected chi connectivity index (χ4v) is 1.67. The van der Waals surface area contributed by atoms with Gasteiger partial charge in [0.2, 0.25) is 0 Å². The smallest absolute Gasteiger partial charge is 0.140 e. The maximum atomic E-state index is 9.99. The zero-order chi connectivity index (χ0) is 13.5. The van der Waals surface area contributed by atoms with Gasteiger partial charge in [0.25, 0.3) is 0 Å². The van der Waals surface area contributed by atoms with E-state index >= 15 is 0 Å². The summed E-state index contributed by atoms with van der Waals surface area (Å²) >= 11 is 0. The Morgan fingerprint density at radius 2 is 1.74 bits per heavy atom. The van der Waals surface area contributed by atoms with E-state index < -0.39 is 6.10 Å². The van der Waals surface area contributed by atoms with Crippen LogP contribution in [-0.4, -0.2) is 11.7 Å². The topological polar surface area (TPSA) is 29.5 Å². The molecule has 2 nitrogen and oxygen atoms in total. The summed E-state index contributed by atoms with van der Waals surface area (Å²) in [6, 6.07) is 17.0. The van der Waals surface area contributed by atoms with Crippen LogP contribution < -0.4 is 4.74 Å². The number of hydrogen-bond donors (Lipinski definition) is 1. The van der Waals surface area contributed by atoms with Gasteiger partial charge in [-0.3, -0.25) is 0 Å². The van der Waals surface area contributed by atoms with E-state index in [4.69, 9.17) is 4.74 Å². The van der Waals surface area contributed by atoms with Crippen molar-refractivity contribution in [2.75, 3.05) is 6.61 Å². The Morgan fingerprint density at radius 1 is 1.05 bits per heavy atom. The summed E-state index contributed by atoms with van der Waals surface area (Å²) in [5.41, 5.74) is 1.67. The van der Waals surface area contributed by atoms with Crippen LogP contribution in [-0.2, 0) is 0 Å². The molecule has 2 heteroatoms. The van der Waals surface area contributed by atoms with Crippen LogP contribution in [0.3, 0.4) is 0 Å². The minimum atomic E-state index is -0.782. The number of ether oxygens (including phenoxy) is 1. The lowest BCUT2D eigenvalue weighted by molar-refractivity contribution is 0.238. The molecule has 96 valence electrons. The van der Waals surface area contributed by atoms with Gasteiger partial charge in [-0.1, -0.05) is 42.2 Å². The number of aliphatic hydroxyl groups is 1. The van der Waals surface area contributed by atoms with Crippen molar-refractivity contribution in [2.24, 2.45) is 0 Å². The largest absolute Gasteiger partial charge is 0.494 e. The fraction of sp³-hybridized carbons (Fsp3) is 0.176. The third-order valence-corrected chi connectivity index (χ3v) is 2.63. The van der Waals surface area contributed by atoms with Crippen LogP contribution in [0.5, 0.6) is 5.75 Å². The first-order valence-electron chi connectivity index (χ1n) is 6.27. The molecule has 1 N–H and O–H groups in total. The summed E-state index contributed by atoms with van der Waals surface area (Å²) in [7, 11) is 0. The molecule has 0 saturated heterocycles.